The lowest BCUT2D eigenvalue weighted by atomic mass is 10.0. The number of imidazole rings is 1. The molecule has 1 heterocycles. The van der Waals surface area contributed by atoms with Gasteiger partial charge in [0, 0.05) is 6.20 Å². The second kappa shape index (κ2) is 4.59. The van der Waals surface area contributed by atoms with Crippen molar-refractivity contribution in [2.24, 2.45) is 11.7 Å². The van der Waals surface area contributed by atoms with E-state index in [0.29, 0.717) is 10.5 Å². The first-order chi connectivity index (χ1) is 6.99. The predicted octanol–water partition coefficient (Wildman–Crippen LogP) is 0.720. The van der Waals surface area contributed by atoms with Crippen LogP contribution >= 0.6 is 12.2 Å². The van der Waals surface area contributed by atoms with E-state index in [4.69, 9.17) is 23.1 Å². The summed E-state index contributed by atoms with van der Waals surface area (Å²) in [7, 11) is 0. The average Bonchev–Trinajstić information content (AvgIpc) is 2.47. The molecule has 84 valence electrons. The molecule has 0 aliphatic rings. The summed E-state index contributed by atoms with van der Waals surface area (Å²) in [5, 5.41) is 9.10. The number of hydrogen-bond acceptors (Lipinski definition) is 3. The Morgan fingerprint density at radius 2 is 2.33 bits per heavy atom. The van der Waals surface area contributed by atoms with Crippen LogP contribution in [0.5, 0.6) is 0 Å². The lowest BCUT2D eigenvalue weighted by Gasteiger charge is -2.20. The van der Waals surface area contributed by atoms with Crippen LogP contribution in [-0.2, 0) is 11.4 Å². The molecule has 0 saturated heterocycles. The number of carbonyl (C=O) groups excluding carboxylic acids is 1. The molecule has 4 N–H and O–H groups in total. The number of aromatic nitrogens is 2. The predicted molar refractivity (Wildman–Crippen MR) is 58.6 cm³/mol. The first kappa shape index (κ1) is 11.9. The second-order valence-electron chi connectivity index (χ2n) is 3.70. The maximum Gasteiger partial charge on any atom is 0.240 e. The Labute approximate surface area is 92.9 Å². The molecular formula is C9H15N3O2S. The highest BCUT2D eigenvalue weighted by atomic mass is 32.1. The van der Waals surface area contributed by atoms with Gasteiger partial charge in [0.05, 0.1) is 12.3 Å². The van der Waals surface area contributed by atoms with Crippen LogP contribution in [0.15, 0.2) is 6.20 Å². The van der Waals surface area contributed by atoms with Crippen molar-refractivity contribution in [3.8, 4) is 0 Å². The molecule has 1 rings (SSSR count). The van der Waals surface area contributed by atoms with Crippen LogP contribution in [0.2, 0.25) is 0 Å². The quantitative estimate of drug-likeness (QED) is 0.665. The summed E-state index contributed by atoms with van der Waals surface area (Å²) in [6.45, 7) is 3.58. The fourth-order valence-electron chi connectivity index (χ4n) is 1.60. The van der Waals surface area contributed by atoms with Crippen LogP contribution in [0.1, 0.15) is 25.6 Å². The summed E-state index contributed by atoms with van der Waals surface area (Å²) < 4.78 is 1.97. The molecular weight excluding hydrogens is 214 g/mol. The third-order valence-electron chi connectivity index (χ3n) is 2.25. The SMILES string of the molecule is CC(C)C(C(N)=O)n1c(CO)c[nH]c1=S. The minimum atomic E-state index is -0.522. The maximum atomic E-state index is 11.3. The Balaban J connectivity index is 3.27. The van der Waals surface area contributed by atoms with Crippen LogP contribution in [0.3, 0.4) is 0 Å². The summed E-state index contributed by atoms with van der Waals surface area (Å²) in [5.74, 6) is -0.425. The number of H-pyrrole nitrogens is 1. The molecule has 0 aliphatic carbocycles. The lowest BCUT2D eigenvalue weighted by Crippen LogP contribution is -2.31. The van der Waals surface area contributed by atoms with E-state index in [1.807, 2.05) is 13.8 Å². The number of aliphatic hydroxyl groups is 1. The van der Waals surface area contributed by atoms with Gasteiger partial charge in [0.25, 0.3) is 0 Å². The van der Waals surface area contributed by atoms with E-state index < -0.39 is 11.9 Å². The van der Waals surface area contributed by atoms with Crippen molar-refractivity contribution in [1.82, 2.24) is 9.55 Å². The van der Waals surface area contributed by atoms with Crippen LogP contribution in [0.4, 0.5) is 0 Å². The molecule has 0 fully saturated rings. The minimum absolute atomic E-state index is 0.0234. The van der Waals surface area contributed by atoms with Gasteiger partial charge in [-0.1, -0.05) is 13.8 Å². The highest BCUT2D eigenvalue weighted by Gasteiger charge is 2.24. The molecule has 0 saturated carbocycles. The van der Waals surface area contributed by atoms with Crippen LogP contribution < -0.4 is 5.73 Å². The number of nitrogens with two attached hydrogens (primary N) is 1. The van der Waals surface area contributed by atoms with Crippen molar-refractivity contribution in [2.45, 2.75) is 26.5 Å². The molecule has 6 heteroatoms. The number of aliphatic hydroxyl groups excluding tert-OH is 1. The van der Waals surface area contributed by atoms with Gasteiger partial charge in [-0.15, -0.1) is 0 Å². The Hall–Kier alpha value is -1.14. The van der Waals surface area contributed by atoms with Crippen molar-refractivity contribution in [2.75, 3.05) is 0 Å². The summed E-state index contributed by atoms with van der Waals surface area (Å²) in [6.07, 6.45) is 1.58. The van der Waals surface area contributed by atoms with Crippen LogP contribution in [0, 0.1) is 10.7 Å². The molecule has 15 heavy (non-hydrogen) atoms. The molecule has 1 aromatic heterocycles. The molecule has 0 aromatic carbocycles. The number of nitrogens with zero attached hydrogens (tertiary/aromatic N) is 1. The zero-order valence-electron chi connectivity index (χ0n) is 8.73. The van der Waals surface area contributed by atoms with Crippen molar-refractivity contribution < 1.29 is 9.90 Å². The van der Waals surface area contributed by atoms with E-state index >= 15 is 0 Å². The average molecular weight is 229 g/mol. The summed E-state index contributed by atoms with van der Waals surface area (Å²) in [5.41, 5.74) is 5.89. The molecule has 1 aromatic rings. The standard InChI is InChI=1S/C9H15N3O2S/c1-5(2)7(8(10)14)12-6(4-13)3-11-9(12)15/h3,5,7,13H,4H2,1-2H3,(H2,10,14)(H,11,15). The fourth-order valence-corrected chi connectivity index (χ4v) is 1.89. The number of primary amides is 1. The Morgan fingerprint density at radius 3 is 2.73 bits per heavy atom. The third-order valence-corrected chi connectivity index (χ3v) is 2.57. The molecule has 0 aliphatic heterocycles. The van der Waals surface area contributed by atoms with Crippen molar-refractivity contribution in [1.29, 1.82) is 0 Å². The first-order valence-corrected chi connectivity index (χ1v) is 5.08. The van der Waals surface area contributed by atoms with Crippen molar-refractivity contribution >= 4 is 18.1 Å². The zero-order chi connectivity index (χ0) is 11.6. The molecule has 0 spiro atoms. The first-order valence-electron chi connectivity index (χ1n) is 4.68. The maximum absolute atomic E-state index is 11.3. The van der Waals surface area contributed by atoms with Gasteiger partial charge in [-0.3, -0.25) is 4.79 Å². The number of carbonyl (C=O) groups is 1. The topological polar surface area (TPSA) is 84.0 Å². The van der Waals surface area contributed by atoms with Gasteiger partial charge in [-0.05, 0) is 18.1 Å². The summed E-state index contributed by atoms with van der Waals surface area (Å²) in [4.78, 5) is 14.1. The highest BCUT2D eigenvalue weighted by Crippen LogP contribution is 2.20. The Morgan fingerprint density at radius 1 is 1.73 bits per heavy atom. The normalized spacial score (nSPS) is 13.1. The highest BCUT2D eigenvalue weighted by molar-refractivity contribution is 7.71. The summed E-state index contributed by atoms with van der Waals surface area (Å²) in [6, 6.07) is -0.522. The van der Waals surface area contributed by atoms with E-state index in [1.165, 1.54) is 0 Å². The van der Waals surface area contributed by atoms with Gasteiger partial charge in [0.2, 0.25) is 5.91 Å². The van der Waals surface area contributed by atoms with Gasteiger partial charge >= 0.3 is 0 Å². The molecule has 0 radical (unpaired) electrons. The van der Waals surface area contributed by atoms with Crippen LogP contribution in [-0.4, -0.2) is 20.6 Å². The molecule has 5 nitrogen and oxygen atoms in total. The smallest absolute Gasteiger partial charge is 0.240 e. The van der Waals surface area contributed by atoms with Gasteiger partial charge in [-0.25, -0.2) is 0 Å². The molecule has 0 bridgehead atoms. The number of aromatic amines is 1. The Kier molecular flexibility index (Phi) is 3.65. The van der Waals surface area contributed by atoms with Crippen molar-refractivity contribution in [3.05, 3.63) is 16.7 Å². The monoisotopic (exact) mass is 229 g/mol. The lowest BCUT2D eigenvalue weighted by molar-refractivity contribution is -0.122. The minimum Gasteiger partial charge on any atom is -0.390 e. The van der Waals surface area contributed by atoms with Gasteiger partial charge < -0.3 is 20.4 Å². The largest absolute Gasteiger partial charge is 0.390 e. The number of amides is 1. The van der Waals surface area contributed by atoms with E-state index in [1.54, 1.807) is 10.8 Å². The van der Waals surface area contributed by atoms with E-state index in [-0.39, 0.29) is 12.5 Å². The number of nitrogens with one attached hydrogen (secondary N) is 1. The number of hydrogen-bond donors (Lipinski definition) is 3. The zero-order valence-corrected chi connectivity index (χ0v) is 9.54. The van der Waals surface area contributed by atoms with Crippen LogP contribution in [0.25, 0.3) is 0 Å². The molecule has 1 unspecified atom stereocenters. The molecule has 1 atom stereocenters. The van der Waals surface area contributed by atoms with Gasteiger partial charge in [0.1, 0.15) is 6.04 Å². The Bertz CT molecular complexity index is 408. The third kappa shape index (κ3) is 2.27. The van der Waals surface area contributed by atoms with E-state index in [0.717, 1.165) is 0 Å². The van der Waals surface area contributed by atoms with Gasteiger partial charge in [0.15, 0.2) is 4.77 Å². The van der Waals surface area contributed by atoms with E-state index in [9.17, 15) is 4.79 Å². The van der Waals surface area contributed by atoms with E-state index in [2.05, 4.69) is 4.98 Å². The van der Waals surface area contributed by atoms with Gasteiger partial charge in [-0.2, -0.15) is 0 Å². The molecule has 1 amide bonds. The fraction of sp³-hybridized carbons (Fsp3) is 0.556. The summed E-state index contributed by atoms with van der Waals surface area (Å²) >= 11 is 5.04. The number of rotatable bonds is 4. The second-order valence-corrected chi connectivity index (χ2v) is 4.09. The van der Waals surface area contributed by atoms with Crippen molar-refractivity contribution in [3.63, 3.8) is 0 Å².